The van der Waals surface area contributed by atoms with Gasteiger partial charge >= 0.3 is 0 Å². The lowest BCUT2D eigenvalue weighted by molar-refractivity contribution is 0.0691. The van der Waals surface area contributed by atoms with E-state index in [9.17, 15) is 17.6 Å². The van der Waals surface area contributed by atoms with Gasteiger partial charge in [0, 0.05) is 38.6 Å². The van der Waals surface area contributed by atoms with E-state index in [1.54, 1.807) is 0 Å². The summed E-state index contributed by atoms with van der Waals surface area (Å²) in [4.78, 5) is 21.2. The summed E-state index contributed by atoms with van der Waals surface area (Å²) >= 11 is 0. The number of rotatable bonds is 3. The number of carbonyl (C=O) groups is 1. The lowest BCUT2D eigenvalue weighted by atomic mass is 10.3. The molecule has 0 atom stereocenters. The van der Waals surface area contributed by atoms with Crippen molar-refractivity contribution in [3.05, 3.63) is 54.4 Å². The highest BCUT2D eigenvalue weighted by molar-refractivity contribution is 7.89. The Morgan fingerprint density at radius 2 is 1.79 bits per heavy atom. The smallest absolute Gasteiger partial charge is 0.274 e. The highest BCUT2D eigenvalue weighted by atomic mass is 32.2. The molecule has 0 radical (unpaired) electrons. The number of carbonyl (C=O) groups excluding carboxylic acids is 1. The second kappa shape index (κ2) is 6.62. The molecular weight excluding hydrogens is 335 g/mol. The highest BCUT2D eigenvalue weighted by Crippen LogP contribution is 2.20. The summed E-state index contributed by atoms with van der Waals surface area (Å²) in [6, 6.07) is 5.26. The Morgan fingerprint density at radius 3 is 2.42 bits per heavy atom. The van der Waals surface area contributed by atoms with Gasteiger partial charge in [-0.1, -0.05) is 12.1 Å². The summed E-state index contributed by atoms with van der Waals surface area (Å²) in [6.45, 7) is 0.623. The molecule has 1 aromatic carbocycles. The van der Waals surface area contributed by atoms with E-state index in [0.29, 0.717) is 0 Å². The molecule has 1 aliphatic rings. The van der Waals surface area contributed by atoms with Crippen LogP contribution in [0.4, 0.5) is 4.39 Å². The minimum Gasteiger partial charge on any atom is -0.335 e. The lowest BCUT2D eigenvalue weighted by Gasteiger charge is -2.33. The van der Waals surface area contributed by atoms with Gasteiger partial charge in [-0.05, 0) is 12.1 Å². The van der Waals surface area contributed by atoms with Crippen molar-refractivity contribution >= 4 is 15.9 Å². The van der Waals surface area contributed by atoms with Crippen molar-refractivity contribution in [1.29, 1.82) is 0 Å². The maximum absolute atomic E-state index is 13.8. The highest BCUT2D eigenvalue weighted by Gasteiger charge is 2.32. The maximum atomic E-state index is 13.8. The SMILES string of the molecule is O=C(c1cnccn1)N1CCN(S(=O)(=O)c2ccccc2F)CC1. The number of aromatic nitrogens is 2. The van der Waals surface area contributed by atoms with E-state index in [1.807, 2.05) is 0 Å². The van der Waals surface area contributed by atoms with Crippen molar-refractivity contribution in [1.82, 2.24) is 19.2 Å². The molecule has 0 bridgehead atoms. The second-order valence-corrected chi connectivity index (χ2v) is 7.12. The fourth-order valence-corrected chi connectivity index (χ4v) is 3.98. The zero-order valence-electron chi connectivity index (χ0n) is 12.7. The van der Waals surface area contributed by atoms with Crippen LogP contribution in [0.15, 0.2) is 47.8 Å². The molecule has 0 saturated carbocycles. The van der Waals surface area contributed by atoms with Crippen LogP contribution in [0.3, 0.4) is 0 Å². The van der Waals surface area contributed by atoms with E-state index < -0.39 is 15.8 Å². The Bertz CT molecular complexity index is 837. The molecule has 126 valence electrons. The molecule has 1 amide bonds. The van der Waals surface area contributed by atoms with Gasteiger partial charge in [0.15, 0.2) is 0 Å². The molecule has 1 fully saturated rings. The van der Waals surface area contributed by atoms with E-state index in [0.717, 1.165) is 6.07 Å². The van der Waals surface area contributed by atoms with E-state index in [1.165, 1.54) is 46.0 Å². The third kappa shape index (κ3) is 3.13. The molecule has 3 rings (SSSR count). The van der Waals surface area contributed by atoms with Crippen molar-refractivity contribution in [2.24, 2.45) is 0 Å². The first-order chi connectivity index (χ1) is 11.5. The fraction of sp³-hybridized carbons (Fsp3) is 0.267. The van der Waals surface area contributed by atoms with Crippen LogP contribution >= 0.6 is 0 Å². The average molecular weight is 350 g/mol. The minimum absolute atomic E-state index is 0.0999. The first-order valence-electron chi connectivity index (χ1n) is 7.30. The van der Waals surface area contributed by atoms with Crippen LogP contribution < -0.4 is 0 Å². The molecule has 2 heterocycles. The monoisotopic (exact) mass is 350 g/mol. The van der Waals surface area contributed by atoms with Crippen LogP contribution in [0.2, 0.25) is 0 Å². The molecule has 24 heavy (non-hydrogen) atoms. The maximum Gasteiger partial charge on any atom is 0.274 e. The second-order valence-electron chi connectivity index (χ2n) is 5.22. The van der Waals surface area contributed by atoms with Crippen molar-refractivity contribution < 1.29 is 17.6 Å². The zero-order valence-corrected chi connectivity index (χ0v) is 13.5. The Morgan fingerprint density at radius 1 is 1.08 bits per heavy atom. The molecule has 0 N–H and O–H groups in total. The molecule has 9 heteroatoms. The number of hydrogen-bond acceptors (Lipinski definition) is 5. The normalized spacial score (nSPS) is 16.1. The third-order valence-corrected chi connectivity index (χ3v) is 5.69. The van der Waals surface area contributed by atoms with Crippen LogP contribution in [0.25, 0.3) is 0 Å². The summed E-state index contributed by atoms with van der Waals surface area (Å²) in [7, 11) is -3.91. The summed E-state index contributed by atoms with van der Waals surface area (Å²) in [5.41, 5.74) is 0.211. The Hall–Kier alpha value is -2.39. The van der Waals surface area contributed by atoms with E-state index in [-0.39, 0.29) is 42.7 Å². The van der Waals surface area contributed by atoms with E-state index >= 15 is 0 Å². The Balaban J connectivity index is 1.71. The number of hydrogen-bond donors (Lipinski definition) is 0. The van der Waals surface area contributed by atoms with Crippen molar-refractivity contribution in [2.45, 2.75) is 4.90 Å². The van der Waals surface area contributed by atoms with Gasteiger partial charge in [0.25, 0.3) is 5.91 Å². The molecule has 7 nitrogen and oxygen atoms in total. The standard InChI is InChI=1S/C15H15FN4O3S/c16-12-3-1-2-4-14(12)24(22,23)20-9-7-19(8-10-20)15(21)13-11-17-5-6-18-13/h1-6,11H,7-10H2. The molecule has 0 aliphatic carbocycles. The van der Waals surface area contributed by atoms with Crippen molar-refractivity contribution in [3.63, 3.8) is 0 Å². The van der Waals surface area contributed by atoms with Gasteiger partial charge in [-0.3, -0.25) is 9.78 Å². The molecule has 0 unspecified atom stereocenters. The van der Waals surface area contributed by atoms with Crippen LogP contribution in [0.1, 0.15) is 10.5 Å². The zero-order chi connectivity index (χ0) is 17.2. The molecule has 1 saturated heterocycles. The summed E-state index contributed by atoms with van der Waals surface area (Å²) < 4.78 is 40.0. The van der Waals surface area contributed by atoms with Gasteiger partial charge in [-0.15, -0.1) is 0 Å². The number of nitrogens with zero attached hydrogens (tertiary/aromatic N) is 4. The van der Waals surface area contributed by atoms with Gasteiger partial charge in [0.05, 0.1) is 6.20 Å². The summed E-state index contributed by atoms with van der Waals surface area (Å²) in [5, 5.41) is 0. The Kier molecular flexibility index (Phi) is 4.54. The fourth-order valence-electron chi connectivity index (χ4n) is 2.50. The minimum atomic E-state index is -3.91. The summed E-state index contributed by atoms with van der Waals surface area (Å²) in [5.74, 6) is -1.08. The van der Waals surface area contributed by atoms with Gasteiger partial charge in [0.2, 0.25) is 10.0 Å². The molecule has 0 spiro atoms. The molecule has 2 aromatic rings. The average Bonchev–Trinajstić information content (AvgIpc) is 2.62. The van der Waals surface area contributed by atoms with Crippen LogP contribution in [-0.4, -0.2) is 59.7 Å². The van der Waals surface area contributed by atoms with Gasteiger partial charge < -0.3 is 4.90 Å². The number of benzene rings is 1. The topological polar surface area (TPSA) is 83.5 Å². The molecule has 1 aliphatic heterocycles. The van der Waals surface area contributed by atoms with Crippen LogP contribution in [-0.2, 0) is 10.0 Å². The first kappa shape index (κ1) is 16.5. The van der Waals surface area contributed by atoms with Crippen molar-refractivity contribution in [2.75, 3.05) is 26.2 Å². The molecule has 1 aromatic heterocycles. The quantitative estimate of drug-likeness (QED) is 0.816. The predicted octanol–water partition coefficient (Wildman–Crippen LogP) is 0.762. The summed E-state index contributed by atoms with van der Waals surface area (Å²) in [6.07, 6.45) is 4.26. The number of amides is 1. The van der Waals surface area contributed by atoms with Gasteiger partial charge in [-0.25, -0.2) is 17.8 Å². The van der Waals surface area contributed by atoms with E-state index in [2.05, 4.69) is 9.97 Å². The number of piperazine rings is 1. The predicted molar refractivity (Wildman–Crippen MR) is 83.1 cm³/mol. The lowest BCUT2D eigenvalue weighted by Crippen LogP contribution is -2.50. The van der Waals surface area contributed by atoms with Crippen LogP contribution in [0, 0.1) is 5.82 Å². The largest absolute Gasteiger partial charge is 0.335 e. The molecular formula is C15H15FN4O3S. The van der Waals surface area contributed by atoms with Crippen molar-refractivity contribution in [3.8, 4) is 0 Å². The Labute approximate surface area is 138 Å². The van der Waals surface area contributed by atoms with Crippen LogP contribution in [0.5, 0.6) is 0 Å². The third-order valence-electron chi connectivity index (χ3n) is 3.76. The van der Waals surface area contributed by atoms with Gasteiger partial charge in [-0.2, -0.15) is 4.31 Å². The number of sulfonamides is 1. The number of halogens is 1. The van der Waals surface area contributed by atoms with E-state index in [4.69, 9.17) is 0 Å². The van der Waals surface area contributed by atoms with Gasteiger partial charge in [0.1, 0.15) is 16.4 Å². The first-order valence-corrected chi connectivity index (χ1v) is 8.74.